The average Bonchev–Trinajstić information content (AvgIpc) is 2.48. The van der Waals surface area contributed by atoms with Crippen LogP contribution in [0.2, 0.25) is 0 Å². The molecule has 5 heterocycles. The van der Waals surface area contributed by atoms with Crippen LogP contribution in [0.5, 0.6) is 0 Å². The summed E-state index contributed by atoms with van der Waals surface area (Å²) in [5, 5.41) is 153. The Labute approximate surface area is 491 Å². The molecule has 0 spiro atoms. The molecule has 5 amide bonds. The Bertz CT molecular complexity index is 2390. The summed E-state index contributed by atoms with van der Waals surface area (Å²) in [5.74, 6) is -5.57. The van der Waals surface area contributed by atoms with Gasteiger partial charge < -0.3 is 140 Å². The van der Waals surface area contributed by atoms with E-state index in [1.54, 1.807) is 0 Å². The van der Waals surface area contributed by atoms with Crippen molar-refractivity contribution in [3.05, 3.63) is 0 Å². The van der Waals surface area contributed by atoms with Crippen molar-refractivity contribution in [3.8, 4) is 0 Å². The van der Waals surface area contributed by atoms with Gasteiger partial charge in [-0.1, -0.05) is 0 Å². The first-order chi connectivity index (χ1) is 40.2. The van der Waals surface area contributed by atoms with Crippen molar-refractivity contribution >= 4 is 39.9 Å². The van der Waals surface area contributed by atoms with Crippen LogP contribution in [0.4, 0.5) is 0 Å². The number of aliphatic hydroxyl groups is 13. The fourth-order valence-electron chi connectivity index (χ4n) is 11.3. The first-order valence-electron chi connectivity index (χ1n) is 27.3. The molecule has 30 atom stereocenters. The number of rotatable bonds is 22. The Kier molecular flexibility index (Phi) is 25.2. The minimum atomic E-state index is -5.33. The third-order valence-electron chi connectivity index (χ3n) is 15.6. The highest BCUT2D eigenvalue weighted by Crippen LogP contribution is 2.39. The van der Waals surface area contributed by atoms with Crippen LogP contribution in [0.25, 0.3) is 0 Å². The van der Waals surface area contributed by atoms with E-state index >= 15 is 0 Å². The zero-order valence-corrected chi connectivity index (χ0v) is 48.3. The van der Waals surface area contributed by atoms with E-state index in [0.717, 1.165) is 39.5 Å². The molecule has 0 aromatic rings. The molecule has 0 bridgehead atoms. The first kappa shape index (κ1) is 71.4. The van der Waals surface area contributed by atoms with Crippen LogP contribution >= 0.6 is 0 Å². The number of hydrogen-bond acceptors (Lipinski definition) is 31. The van der Waals surface area contributed by atoms with Crippen molar-refractivity contribution < 1.29 is 155 Å². The van der Waals surface area contributed by atoms with Crippen LogP contribution < -0.4 is 21.3 Å². The van der Waals surface area contributed by atoms with Crippen molar-refractivity contribution in [2.45, 2.75) is 226 Å². The highest BCUT2D eigenvalue weighted by molar-refractivity contribution is 7.80. The van der Waals surface area contributed by atoms with Crippen molar-refractivity contribution in [2.75, 3.05) is 40.1 Å². The number of nitrogens with zero attached hydrogens (tertiary/aromatic N) is 1. The van der Waals surface area contributed by atoms with Crippen molar-refractivity contribution in [2.24, 2.45) is 5.92 Å². The summed E-state index contributed by atoms with van der Waals surface area (Å²) in [6, 6.07) is -8.48. The van der Waals surface area contributed by atoms with Gasteiger partial charge in [0.1, 0.15) is 122 Å². The molecule has 5 saturated heterocycles. The van der Waals surface area contributed by atoms with Gasteiger partial charge in [-0.2, -0.15) is 8.42 Å². The van der Waals surface area contributed by atoms with Gasteiger partial charge in [0.05, 0.1) is 57.4 Å². The number of carbonyl (C=O) groups excluding carboxylic acids is 5. The molecule has 0 aromatic carbocycles. The lowest BCUT2D eigenvalue weighted by molar-refractivity contribution is -0.360. The zero-order valence-electron chi connectivity index (χ0n) is 47.5. The lowest BCUT2D eigenvalue weighted by atomic mass is 9.79. The zero-order chi connectivity index (χ0) is 64.1. The van der Waals surface area contributed by atoms with Crippen LogP contribution in [-0.2, 0) is 85.9 Å². The molecule has 38 heteroatoms. The predicted octanol–water partition coefficient (Wildman–Crippen LogP) is -11.5. The van der Waals surface area contributed by atoms with E-state index in [2.05, 4.69) is 21.3 Å². The van der Waals surface area contributed by atoms with Gasteiger partial charge in [0.2, 0.25) is 29.5 Å². The van der Waals surface area contributed by atoms with Gasteiger partial charge in [0, 0.05) is 47.6 Å². The molecule has 6 fully saturated rings. The van der Waals surface area contributed by atoms with E-state index < -0.39 is 263 Å². The lowest BCUT2D eigenvalue weighted by Gasteiger charge is -2.52. The molecule has 86 heavy (non-hydrogen) atoms. The Morgan fingerprint density at radius 1 is 0.488 bits per heavy atom. The Morgan fingerprint density at radius 3 is 1.42 bits per heavy atom. The van der Waals surface area contributed by atoms with Crippen LogP contribution in [0, 0.1) is 5.92 Å². The van der Waals surface area contributed by atoms with Gasteiger partial charge in [-0.15, -0.1) is 0 Å². The second-order valence-corrected chi connectivity index (χ2v) is 23.0. The molecule has 6 rings (SSSR count). The van der Waals surface area contributed by atoms with E-state index in [9.17, 15) is 103 Å². The fraction of sp³-hybridized carbons (Fsp3) is 0.896. The standard InChI is InChI=1S/C48H81N5O32S/c1-14-31(62)38(69)39(70)48(77-14)75-13-25-43(34(65)27(44(71)79-25)50-16(3)58)78-21-8-20(12-76-86(72,73)74)40(33(64)26(21)49-15(2)57)83-45-28(51-17(4)59)35(66)41(23(10-55)81-45)84-46-29(52-18(5)60)36(67)42(24(11-56)82-46)85-47-30(53(7)19(6)61)37(68)32(63)22(9-54)80-47/h14,20-48,54-56,62-71H,8-13H2,1-7H3,(H,49,57)(H,50,58)(H,51,59)(H,52,60)(H,72,73,74). The maximum atomic E-state index is 12.9. The summed E-state index contributed by atoms with van der Waals surface area (Å²) in [6.07, 6.45) is -43.7. The molecule has 0 aromatic heterocycles. The molecular formula is C48H81N5O32S. The van der Waals surface area contributed by atoms with Gasteiger partial charge in [-0.05, 0) is 13.3 Å². The molecule has 30 unspecified atom stereocenters. The minimum Gasteiger partial charge on any atom is -0.394 e. The topological polar surface area (TPSA) is 556 Å². The van der Waals surface area contributed by atoms with Gasteiger partial charge in [0.25, 0.3) is 0 Å². The molecule has 1 saturated carbocycles. The number of ether oxygens (including phenoxy) is 10. The molecule has 1 aliphatic carbocycles. The lowest BCUT2D eigenvalue weighted by Crippen LogP contribution is -2.71. The number of aliphatic hydroxyl groups excluding tert-OH is 13. The predicted molar refractivity (Wildman–Crippen MR) is 274 cm³/mol. The van der Waals surface area contributed by atoms with Crippen LogP contribution in [0.3, 0.4) is 0 Å². The second-order valence-electron chi connectivity index (χ2n) is 21.9. The first-order valence-corrected chi connectivity index (χ1v) is 28.7. The number of likely N-dealkylation sites (N-methyl/N-ethyl adjacent to an activating group) is 1. The van der Waals surface area contributed by atoms with Crippen molar-refractivity contribution in [1.29, 1.82) is 0 Å². The molecule has 6 aliphatic rings. The monoisotopic (exact) mass is 1270 g/mol. The van der Waals surface area contributed by atoms with E-state index in [1.807, 2.05) is 0 Å². The number of nitrogens with one attached hydrogen (secondary N) is 4. The quantitative estimate of drug-likeness (QED) is 0.0448. The molecule has 496 valence electrons. The molecule has 5 aliphatic heterocycles. The Morgan fingerprint density at radius 2 is 0.930 bits per heavy atom. The fourth-order valence-corrected chi connectivity index (χ4v) is 11.6. The number of carbonyl (C=O) groups is 5. The Balaban J connectivity index is 1.29. The van der Waals surface area contributed by atoms with E-state index in [1.165, 1.54) is 14.0 Å². The summed E-state index contributed by atoms with van der Waals surface area (Å²) in [4.78, 5) is 64.3. The van der Waals surface area contributed by atoms with E-state index in [-0.39, 0.29) is 0 Å². The average molecular weight is 1270 g/mol. The summed E-state index contributed by atoms with van der Waals surface area (Å²) < 4.78 is 98.3. The van der Waals surface area contributed by atoms with Gasteiger partial charge in [-0.25, -0.2) is 4.18 Å². The number of hydrogen-bond donors (Lipinski definition) is 18. The molecule has 37 nitrogen and oxygen atoms in total. The van der Waals surface area contributed by atoms with Crippen molar-refractivity contribution in [3.63, 3.8) is 0 Å². The second kappa shape index (κ2) is 30.4. The number of amides is 5. The van der Waals surface area contributed by atoms with Gasteiger partial charge in [-0.3, -0.25) is 28.5 Å². The molecular weight excluding hydrogens is 1190 g/mol. The van der Waals surface area contributed by atoms with E-state index in [4.69, 9.17) is 51.6 Å². The Hall–Kier alpha value is -3.70. The summed E-state index contributed by atoms with van der Waals surface area (Å²) in [7, 11) is -4.11. The smallest absolute Gasteiger partial charge is 0.394 e. The molecule has 18 N–H and O–H groups in total. The van der Waals surface area contributed by atoms with E-state index in [0.29, 0.717) is 0 Å². The minimum absolute atomic E-state index is 0.609. The largest absolute Gasteiger partial charge is 0.397 e. The summed E-state index contributed by atoms with van der Waals surface area (Å²) in [5.41, 5.74) is 0. The molecule has 0 radical (unpaired) electrons. The third-order valence-corrected chi connectivity index (χ3v) is 16.1. The maximum Gasteiger partial charge on any atom is 0.397 e. The highest BCUT2D eigenvalue weighted by atomic mass is 32.3. The van der Waals surface area contributed by atoms with Crippen LogP contribution in [-0.4, -0.2) is 332 Å². The normalized spacial score (nSPS) is 44.0. The SMILES string of the molecule is CC(=O)NC1C(O)OC(COC2OC(C)C(O)C(O)C2O)C(OC2CC(COS(=O)(=O)O)C(OC3OC(CO)C(OC4OC(CO)C(OC5OC(CO)C(O)C(O)C5N(C)C(C)=O)C(O)C4NC(C)=O)C(O)C3NC(C)=O)C(O)C2NC(C)=O)C1O. The summed E-state index contributed by atoms with van der Waals surface area (Å²) >= 11 is 0. The van der Waals surface area contributed by atoms with Crippen LogP contribution in [0.1, 0.15) is 48.0 Å². The highest BCUT2D eigenvalue weighted by Gasteiger charge is 2.58. The third kappa shape index (κ3) is 16.8. The van der Waals surface area contributed by atoms with Gasteiger partial charge >= 0.3 is 10.4 Å². The van der Waals surface area contributed by atoms with Crippen molar-refractivity contribution in [1.82, 2.24) is 26.2 Å². The summed E-state index contributed by atoms with van der Waals surface area (Å²) in [6.45, 7) is 1.69. The van der Waals surface area contributed by atoms with Crippen LogP contribution in [0.15, 0.2) is 0 Å². The van der Waals surface area contributed by atoms with Gasteiger partial charge in [0.15, 0.2) is 31.5 Å². The maximum absolute atomic E-state index is 12.9.